The molecule has 1 aromatic carbocycles. The zero-order chi connectivity index (χ0) is 16.5. The minimum Gasteiger partial charge on any atom is -0.545 e. The second-order valence-corrected chi connectivity index (χ2v) is 6.17. The smallest absolute Gasteiger partial charge is 0.161 e. The lowest BCUT2D eigenvalue weighted by molar-refractivity contribution is -0.255. The lowest BCUT2D eigenvalue weighted by Crippen LogP contribution is -2.24. The molecule has 0 atom stereocenters. The predicted octanol–water partition coefficient (Wildman–Crippen LogP) is 1.93. The first kappa shape index (κ1) is 14.6. The topological polar surface area (TPSA) is 83.2 Å². The van der Waals surface area contributed by atoms with Crippen molar-refractivity contribution in [3.63, 3.8) is 0 Å². The van der Waals surface area contributed by atoms with Crippen LogP contribution in [0.25, 0.3) is 16.6 Å². The van der Waals surface area contributed by atoms with Crippen molar-refractivity contribution < 1.29 is 9.90 Å². The van der Waals surface area contributed by atoms with Crippen LogP contribution >= 0.6 is 11.8 Å². The maximum atomic E-state index is 11.5. The highest BCUT2D eigenvalue weighted by atomic mass is 32.2. The number of thioether (sulfide) groups is 1. The number of carbonyl (C=O) groups is 1. The zero-order valence-corrected chi connectivity index (χ0v) is 13.2. The van der Waals surface area contributed by atoms with Gasteiger partial charge in [0.15, 0.2) is 5.65 Å². The molecule has 3 heterocycles. The Kier molecular flexibility index (Phi) is 3.62. The van der Waals surface area contributed by atoms with Crippen LogP contribution in [0.1, 0.15) is 16.1 Å². The molecule has 0 aliphatic carbocycles. The summed E-state index contributed by atoms with van der Waals surface area (Å²) in [6, 6.07) is 14.7. The Morgan fingerprint density at radius 2 is 2.04 bits per heavy atom. The molecule has 0 saturated heterocycles. The van der Waals surface area contributed by atoms with Crippen molar-refractivity contribution in [3.05, 3.63) is 66.1 Å². The monoisotopic (exact) mass is 335 g/mol. The average molecular weight is 335 g/mol. The predicted molar refractivity (Wildman–Crippen MR) is 88.6 cm³/mol. The number of para-hydroxylation sites is 1. The number of hydrogen-bond donors (Lipinski definition) is 0. The largest absolute Gasteiger partial charge is 0.545 e. The number of aromatic nitrogens is 4. The lowest BCUT2D eigenvalue weighted by Gasteiger charge is -2.11. The first-order chi connectivity index (χ1) is 11.7. The quantitative estimate of drug-likeness (QED) is 0.530. The van der Waals surface area contributed by atoms with Crippen molar-refractivity contribution in [2.45, 2.75) is 10.8 Å². The molecule has 0 unspecified atom stereocenters. The maximum absolute atomic E-state index is 11.5. The molecule has 4 aromatic rings. The van der Waals surface area contributed by atoms with E-state index in [4.69, 9.17) is 0 Å². The fourth-order valence-electron chi connectivity index (χ4n) is 2.53. The molecule has 3 aromatic heterocycles. The van der Waals surface area contributed by atoms with Crippen molar-refractivity contribution in [3.8, 4) is 0 Å². The highest BCUT2D eigenvalue weighted by Gasteiger charge is 2.10. The molecule has 0 saturated carbocycles. The van der Waals surface area contributed by atoms with Crippen LogP contribution in [0.15, 0.2) is 59.9 Å². The molecular weight excluding hydrogens is 324 g/mol. The molecule has 0 aliphatic heterocycles. The van der Waals surface area contributed by atoms with Gasteiger partial charge in [-0.15, -0.1) is 22.0 Å². The van der Waals surface area contributed by atoms with Crippen molar-refractivity contribution in [1.82, 2.24) is 19.6 Å². The SMILES string of the molecule is O=C([O-])c1cc2ccccc2nc1CSc1cccc2nncn12. The minimum absolute atomic E-state index is 0.122. The fourth-order valence-corrected chi connectivity index (χ4v) is 3.49. The molecule has 24 heavy (non-hydrogen) atoms. The normalized spacial score (nSPS) is 11.2. The van der Waals surface area contributed by atoms with E-state index in [1.807, 2.05) is 46.9 Å². The molecule has 0 amide bonds. The van der Waals surface area contributed by atoms with Gasteiger partial charge in [-0.05, 0) is 24.3 Å². The number of aromatic carboxylic acids is 1. The van der Waals surface area contributed by atoms with E-state index in [1.54, 1.807) is 12.4 Å². The fraction of sp³-hybridized carbons (Fsp3) is 0.0588. The number of benzene rings is 1. The molecule has 4 rings (SSSR count). The molecule has 118 valence electrons. The van der Waals surface area contributed by atoms with Gasteiger partial charge in [-0.3, -0.25) is 9.38 Å². The first-order valence-electron chi connectivity index (χ1n) is 7.24. The van der Waals surface area contributed by atoms with Gasteiger partial charge in [0, 0.05) is 16.7 Å². The van der Waals surface area contributed by atoms with Gasteiger partial charge in [-0.2, -0.15) is 0 Å². The standard InChI is InChI=1S/C17H12N4O2S/c22-17(23)12-8-11-4-1-2-5-13(11)19-14(12)9-24-16-7-3-6-15-20-18-10-21(15)16/h1-8,10H,9H2,(H,22,23)/p-1. The summed E-state index contributed by atoms with van der Waals surface area (Å²) in [4.78, 5) is 16.0. The summed E-state index contributed by atoms with van der Waals surface area (Å²) in [6.45, 7) is 0. The van der Waals surface area contributed by atoms with Crippen molar-refractivity contribution in [2.24, 2.45) is 0 Å². The molecular formula is C17H11N4O2S-. The van der Waals surface area contributed by atoms with Crippen molar-refractivity contribution in [2.75, 3.05) is 0 Å². The third-order valence-corrected chi connectivity index (χ3v) is 4.72. The van der Waals surface area contributed by atoms with Gasteiger partial charge in [0.05, 0.1) is 22.2 Å². The lowest BCUT2D eigenvalue weighted by atomic mass is 10.1. The minimum atomic E-state index is -1.22. The van der Waals surface area contributed by atoms with Crippen molar-refractivity contribution in [1.29, 1.82) is 0 Å². The summed E-state index contributed by atoms with van der Waals surface area (Å²) < 4.78 is 1.85. The first-order valence-corrected chi connectivity index (χ1v) is 8.22. The molecule has 0 N–H and O–H groups in total. The average Bonchev–Trinajstić information content (AvgIpc) is 3.08. The number of nitrogens with zero attached hydrogens (tertiary/aromatic N) is 4. The second kappa shape index (κ2) is 5.93. The third kappa shape index (κ3) is 2.59. The van der Waals surface area contributed by atoms with Gasteiger partial charge in [-0.1, -0.05) is 24.3 Å². The van der Waals surface area contributed by atoms with Crippen LogP contribution < -0.4 is 5.11 Å². The van der Waals surface area contributed by atoms with Crippen LogP contribution in [0.4, 0.5) is 0 Å². The number of carbonyl (C=O) groups excluding carboxylic acids is 1. The number of carboxylic acids is 1. The van der Waals surface area contributed by atoms with Gasteiger partial charge >= 0.3 is 0 Å². The van der Waals surface area contributed by atoms with Crippen LogP contribution in [-0.2, 0) is 5.75 Å². The highest BCUT2D eigenvalue weighted by Crippen LogP contribution is 2.25. The molecule has 0 aliphatic rings. The van der Waals surface area contributed by atoms with E-state index in [9.17, 15) is 9.90 Å². The summed E-state index contributed by atoms with van der Waals surface area (Å²) >= 11 is 1.48. The summed E-state index contributed by atoms with van der Waals surface area (Å²) in [6.07, 6.45) is 1.63. The van der Waals surface area contributed by atoms with Gasteiger partial charge in [0.1, 0.15) is 6.33 Å². The highest BCUT2D eigenvalue weighted by molar-refractivity contribution is 7.98. The third-order valence-electron chi connectivity index (χ3n) is 3.68. The summed E-state index contributed by atoms with van der Waals surface area (Å²) in [5.74, 6) is -0.808. The summed E-state index contributed by atoms with van der Waals surface area (Å²) in [7, 11) is 0. The van der Waals surface area contributed by atoms with Gasteiger partial charge in [0.2, 0.25) is 0 Å². The number of hydrogen-bond acceptors (Lipinski definition) is 6. The van der Waals surface area contributed by atoms with E-state index < -0.39 is 5.97 Å². The molecule has 0 spiro atoms. The molecule has 0 radical (unpaired) electrons. The van der Waals surface area contributed by atoms with E-state index in [-0.39, 0.29) is 5.56 Å². The Hall–Kier alpha value is -2.93. The maximum Gasteiger partial charge on any atom is 0.161 e. The molecule has 0 fully saturated rings. The van der Waals surface area contributed by atoms with E-state index in [0.29, 0.717) is 11.4 Å². The number of carboxylic acid groups (broad SMARTS) is 1. The van der Waals surface area contributed by atoms with Gasteiger partial charge in [-0.25, -0.2) is 0 Å². The Morgan fingerprint density at radius 1 is 1.17 bits per heavy atom. The van der Waals surface area contributed by atoms with E-state index in [0.717, 1.165) is 21.6 Å². The Morgan fingerprint density at radius 3 is 2.92 bits per heavy atom. The van der Waals surface area contributed by atoms with E-state index in [2.05, 4.69) is 15.2 Å². The number of rotatable bonds is 4. The molecule has 0 bridgehead atoms. The molecule has 6 nitrogen and oxygen atoms in total. The van der Waals surface area contributed by atoms with Crippen LogP contribution in [0, 0.1) is 0 Å². The summed E-state index contributed by atoms with van der Waals surface area (Å²) in [5, 5.41) is 21.0. The van der Waals surface area contributed by atoms with Crippen molar-refractivity contribution >= 4 is 34.3 Å². The second-order valence-electron chi connectivity index (χ2n) is 5.17. The van der Waals surface area contributed by atoms with Crippen LogP contribution in [-0.4, -0.2) is 25.6 Å². The van der Waals surface area contributed by atoms with Crippen LogP contribution in [0.2, 0.25) is 0 Å². The number of pyridine rings is 2. The van der Waals surface area contributed by atoms with Crippen LogP contribution in [0.3, 0.4) is 0 Å². The molecule has 7 heteroatoms. The van der Waals surface area contributed by atoms with E-state index in [1.165, 1.54) is 11.8 Å². The Balaban J connectivity index is 1.72. The Bertz CT molecular complexity index is 1060. The number of fused-ring (bicyclic) bond motifs is 2. The van der Waals surface area contributed by atoms with Gasteiger partial charge < -0.3 is 9.90 Å². The summed E-state index contributed by atoms with van der Waals surface area (Å²) in [5.41, 5.74) is 2.12. The van der Waals surface area contributed by atoms with Gasteiger partial charge in [0.25, 0.3) is 0 Å². The zero-order valence-electron chi connectivity index (χ0n) is 12.4. The van der Waals surface area contributed by atoms with Crippen LogP contribution in [0.5, 0.6) is 0 Å². The Labute approximate surface area is 141 Å². The van der Waals surface area contributed by atoms with E-state index >= 15 is 0 Å².